The first-order valence-electron chi connectivity index (χ1n) is 12.4. The van der Waals surface area contributed by atoms with Gasteiger partial charge in [-0.15, -0.1) is 0 Å². The molecule has 0 spiro atoms. The van der Waals surface area contributed by atoms with Crippen LogP contribution in [0.4, 0.5) is 9.59 Å². The van der Waals surface area contributed by atoms with E-state index in [1.165, 1.54) is 18.2 Å². The van der Waals surface area contributed by atoms with E-state index in [4.69, 9.17) is 23.7 Å². The van der Waals surface area contributed by atoms with E-state index in [0.717, 1.165) is 6.42 Å². The van der Waals surface area contributed by atoms with Crippen LogP contribution in [0.3, 0.4) is 0 Å². The smallest absolute Gasteiger partial charge is 0.480 e. The molecule has 0 saturated carbocycles. The summed E-state index contributed by atoms with van der Waals surface area (Å²) in [5.41, 5.74) is 0.471. The summed E-state index contributed by atoms with van der Waals surface area (Å²) in [7, 11) is 0. The van der Waals surface area contributed by atoms with Gasteiger partial charge in [-0.2, -0.15) is 0 Å². The number of benzene rings is 1. The van der Waals surface area contributed by atoms with Gasteiger partial charge in [-0.3, -0.25) is 9.59 Å². The summed E-state index contributed by atoms with van der Waals surface area (Å²) < 4.78 is 25.6. The van der Waals surface area contributed by atoms with Gasteiger partial charge in [0.1, 0.15) is 12.1 Å². The van der Waals surface area contributed by atoms with Gasteiger partial charge in [-0.05, 0) is 64.7 Å². The van der Waals surface area contributed by atoms with Crippen molar-refractivity contribution in [2.75, 3.05) is 6.54 Å². The lowest BCUT2D eigenvalue weighted by Crippen LogP contribution is -2.42. The third kappa shape index (κ3) is 13.0. The zero-order valence-corrected chi connectivity index (χ0v) is 22.6. The van der Waals surface area contributed by atoms with Gasteiger partial charge in [0.2, 0.25) is 0 Å². The van der Waals surface area contributed by atoms with E-state index in [1.807, 2.05) is 13.8 Å². The number of esters is 1. The molecule has 0 aromatic heterocycles. The monoisotopic (exact) mass is 525 g/mol. The average molecular weight is 526 g/mol. The molecule has 0 bridgehead atoms. The van der Waals surface area contributed by atoms with Crippen LogP contribution in [0.5, 0.6) is 11.5 Å². The Morgan fingerprint density at radius 3 is 1.95 bits per heavy atom. The lowest BCUT2D eigenvalue weighted by molar-refractivity contribution is -0.149. The summed E-state index contributed by atoms with van der Waals surface area (Å²) >= 11 is 0. The van der Waals surface area contributed by atoms with E-state index in [1.54, 1.807) is 34.6 Å². The van der Waals surface area contributed by atoms with Crippen LogP contribution in [-0.4, -0.2) is 60.3 Å². The Kier molecular flexibility index (Phi) is 13.4. The molecule has 208 valence electrons. The Morgan fingerprint density at radius 1 is 0.865 bits per heavy atom. The fourth-order valence-corrected chi connectivity index (χ4v) is 2.99. The summed E-state index contributed by atoms with van der Waals surface area (Å²) in [5, 5.41) is 12.6. The number of hydrogen-bond donors (Lipinski definition) is 2. The number of nitrogens with one attached hydrogen (secondary N) is 1. The summed E-state index contributed by atoms with van der Waals surface area (Å²) in [4.78, 5) is 47.9. The fourth-order valence-electron chi connectivity index (χ4n) is 2.99. The Bertz CT molecular complexity index is 915. The number of ether oxygens (including phenoxy) is 5. The molecule has 0 aliphatic heterocycles. The van der Waals surface area contributed by atoms with Crippen LogP contribution in [0.1, 0.15) is 66.9 Å². The van der Waals surface area contributed by atoms with E-state index in [-0.39, 0.29) is 36.4 Å². The molecule has 0 aliphatic carbocycles. The van der Waals surface area contributed by atoms with E-state index >= 15 is 0 Å². The van der Waals surface area contributed by atoms with Crippen LogP contribution in [0.15, 0.2) is 18.2 Å². The molecule has 0 saturated heterocycles. The molecule has 0 aliphatic rings. The molecular formula is C26H39NO10. The molecule has 2 N–H and O–H groups in total. The van der Waals surface area contributed by atoms with Crippen molar-refractivity contribution in [3.05, 3.63) is 23.8 Å². The van der Waals surface area contributed by atoms with E-state index in [0.29, 0.717) is 12.0 Å². The van der Waals surface area contributed by atoms with Gasteiger partial charge in [-0.25, -0.2) is 9.59 Å². The topological polar surface area (TPSA) is 147 Å². The number of hydrogen-bond acceptors (Lipinski definition) is 10. The van der Waals surface area contributed by atoms with Crippen LogP contribution >= 0.6 is 0 Å². The molecule has 11 heteroatoms. The minimum absolute atomic E-state index is 0.00478. The first-order chi connectivity index (χ1) is 17.3. The number of aliphatic carboxylic acids is 1. The Balaban J connectivity index is 2.96. The molecule has 11 nitrogen and oxygen atoms in total. The zero-order valence-electron chi connectivity index (χ0n) is 22.6. The molecule has 0 amide bonds. The largest absolute Gasteiger partial charge is 0.514 e. The molecular weight excluding hydrogens is 486 g/mol. The van der Waals surface area contributed by atoms with Gasteiger partial charge in [-0.1, -0.05) is 26.3 Å². The molecule has 1 rings (SSSR count). The van der Waals surface area contributed by atoms with Gasteiger partial charge in [0, 0.05) is 13.0 Å². The Morgan fingerprint density at radius 2 is 1.43 bits per heavy atom. The lowest BCUT2D eigenvalue weighted by atomic mass is 10.0. The predicted octanol–water partition coefficient (Wildman–Crippen LogP) is 4.49. The molecule has 0 heterocycles. The fraction of sp³-hybridized carbons (Fsp3) is 0.615. The highest BCUT2D eigenvalue weighted by atomic mass is 16.7. The van der Waals surface area contributed by atoms with Crippen molar-refractivity contribution in [1.29, 1.82) is 0 Å². The highest BCUT2D eigenvalue weighted by Crippen LogP contribution is 2.30. The van der Waals surface area contributed by atoms with Crippen molar-refractivity contribution >= 4 is 24.2 Å². The molecule has 0 radical (unpaired) electrons. The first-order valence-corrected chi connectivity index (χ1v) is 12.4. The molecule has 37 heavy (non-hydrogen) atoms. The second kappa shape index (κ2) is 15.7. The van der Waals surface area contributed by atoms with Crippen LogP contribution in [-0.2, 0) is 30.2 Å². The van der Waals surface area contributed by atoms with Crippen LogP contribution < -0.4 is 14.8 Å². The third-order valence-corrected chi connectivity index (χ3v) is 4.99. The summed E-state index contributed by atoms with van der Waals surface area (Å²) in [6.07, 6.45) is -2.28. The van der Waals surface area contributed by atoms with E-state index in [2.05, 4.69) is 5.32 Å². The molecule has 2 unspecified atom stereocenters. The van der Waals surface area contributed by atoms with Gasteiger partial charge < -0.3 is 34.1 Å². The number of rotatable bonds is 14. The SMILES string of the molecule is CCC(C)CC(=O)OC(C)CN[C@@H](Cc1ccc(OC(=O)OC(C)C)c(OC(=O)OC(C)C)c1)C(=O)O. The molecule has 0 fully saturated rings. The van der Waals surface area contributed by atoms with Gasteiger partial charge in [0.15, 0.2) is 11.5 Å². The highest BCUT2D eigenvalue weighted by molar-refractivity contribution is 5.74. The zero-order chi connectivity index (χ0) is 28.1. The summed E-state index contributed by atoms with van der Waals surface area (Å²) in [6.45, 7) is 12.3. The van der Waals surface area contributed by atoms with Gasteiger partial charge in [0.25, 0.3) is 0 Å². The first kappa shape index (κ1) is 31.7. The van der Waals surface area contributed by atoms with Crippen LogP contribution in [0.2, 0.25) is 0 Å². The number of carboxylic acid groups (broad SMARTS) is 1. The van der Waals surface area contributed by atoms with E-state index in [9.17, 15) is 24.3 Å². The van der Waals surface area contributed by atoms with Gasteiger partial charge >= 0.3 is 24.2 Å². The van der Waals surface area contributed by atoms with Crippen molar-refractivity contribution in [2.45, 2.75) is 92.1 Å². The second-order valence-corrected chi connectivity index (χ2v) is 9.34. The standard InChI is InChI=1S/C26H39NO10/c1-8-17(6)11-23(28)35-18(7)14-27-20(24(29)30)12-19-9-10-21(36-25(31)33-15(2)3)22(13-19)37-26(32)34-16(4)5/h9-10,13,15-18,20,27H,8,11-12,14H2,1-7H3,(H,29,30)/t17?,18?,20-/m0/s1. The maximum absolute atomic E-state index is 12.1. The molecule has 1 aromatic carbocycles. The quantitative estimate of drug-likeness (QED) is 0.201. The summed E-state index contributed by atoms with van der Waals surface area (Å²) in [5.74, 6) is -1.50. The lowest BCUT2D eigenvalue weighted by Gasteiger charge is -2.20. The Hall–Kier alpha value is -3.34. The van der Waals surface area contributed by atoms with Crippen LogP contribution in [0, 0.1) is 5.92 Å². The Labute approximate surface area is 217 Å². The third-order valence-electron chi connectivity index (χ3n) is 4.99. The van der Waals surface area contributed by atoms with Crippen molar-refractivity contribution in [3.63, 3.8) is 0 Å². The highest BCUT2D eigenvalue weighted by Gasteiger charge is 2.23. The average Bonchev–Trinajstić information content (AvgIpc) is 2.76. The van der Waals surface area contributed by atoms with Crippen molar-refractivity contribution in [1.82, 2.24) is 5.32 Å². The van der Waals surface area contributed by atoms with Crippen LogP contribution in [0.25, 0.3) is 0 Å². The van der Waals surface area contributed by atoms with Crippen molar-refractivity contribution in [3.8, 4) is 11.5 Å². The van der Waals surface area contributed by atoms with E-state index < -0.39 is 42.6 Å². The minimum Gasteiger partial charge on any atom is -0.480 e. The molecule has 3 atom stereocenters. The summed E-state index contributed by atoms with van der Waals surface area (Å²) in [6, 6.07) is 3.25. The van der Waals surface area contributed by atoms with Gasteiger partial charge in [0.05, 0.1) is 12.2 Å². The normalized spacial score (nSPS) is 13.4. The maximum atomic E-state index is 12.1. The number of carbonyl (C=O) groups excluding carboxylic acids is 3. The second-order valence-electron chi connectivity index (χ2n) is 9.34. The minimum atomic E-state index is -1.12. The number of carbonyl (C=O) groups is 4. The van der Waals surface area contributed by atoms with Crippen molar-refractivity contribution < 1.29 is 48.0 Å². The molecule has 1 aromatic rings. The number of carboxylic acids is 1. The van der Waals surface area contributed by atoms with Crippen molar-refractivity contribution in [2.24, 2.45) is 5.92 Å². The maximum Gasteiger partial charge on any atom is 0.514 e. The predicted molar refractivity (Wildman–Crippen MR) is 134 cm³/mol.